The standard InChI is InChI=1S/C10H19NO2.C5H8O2/c1-5-11(6-2)7-8-13-10(12)9(3)4;1-4(2)5(6)7-3/h3,5-8H2,1-2,4H3;1H2,2-3H3. The Bertz CT molecular complexity index is 333. The number of hydrogen-bond donors (Lipinski definition) is 0. The van der Waals surface area contributed by atoms with Gasteiger partial charge < -0.3 is 14.4 Å². The highest BCUT2D eigenvalue weighted by molar-refractivity contribution is 5.87. The van der Waals surface area contributed by atoms with Crippen LogP contribution in [0, 0.1) is 0 Å². The first-order valence-corrected chi connectivity index (χ1v) is 6.58. The van der Waals surface area contributed by atoms with E-state index in [1.54, 1.807) is 13.8 Å². The third-order valence-corrected chi connectivity index (χ3v) is 2.42. The number of esters is 2. The number of carbonyl (C=O) groups is 2. The summed E-state index contributed by atoms with van der Waals surface area (Å²) in [6, 6.07) is 0. The van der Waals surface area contributed by atoms with Crippen LogP contribution < -0.4 is 0 Å². The van der Waals surface area contributed by atoms with Gasteiger partial charge >= 0.3 is 11.9 Å². The van der Waals surface area contributed by atoms with Gasteiger partial charge in [0.05, 0.1) is 7.11 Å². The third kappa shape index (κ3) is 11.5. The van der Waals surface area contributed by atoms with E-state index in [1.165, 1.54) is 7.11 Å². The highest BCUT2D eigenvalue weighted by Crippen LogP contribution is 1.93. The van der Waals surface area contributed by atoms with E-state index in [0.29, 0.717) is 17.8 Å². The summed E-state index contributed by atoms with van der Waals surface area (Å²) >= 11 is 0. The smallest absolute Gasteiger partial charge is 0.333 e. The predicted molar refractivity (Wildman–Crippen MR) is 80.4 cm³/mol. The molecule has 20 heavy (non-hydrogen) atoms. The molecule has 5 heteroatoms. The van der Waals surface area contributed by atoms with Crippen molar-refractivity contribution in [2.45, 2.75) is 27.7 Å². The lowest BCUT2D eigenvalue weighted by molar-refractivity contribution is -0.139. The molecular weight excluding hydrogens is 258 g/mol. The van der Waals surface area contributed by atoms with Crippen molar-refractivity contribution in [3.8, 4) is 0 Å². The quantitative estimate of drug-likeness (QED) is 0.530. The summed E-state index contributed by atoms with van der Waals surface area (Å²) < 4.78 is 9.23. The second-order valence-corrected chi connectivity index (χ2v) is 4.22. The molecule has 0 atom stereocenters. The predicted octanol–water partition coefficient (Wildman–Crippen LogP) is 2.18. The van der Waals surface area contributed by atoms with E-state index in [2.05, 4.69) is 36.6 Å². The fourth-order valence-electron chi connectivity index (χ4n) is 1.10. The summed E-state index contributed by atoms with van der Waals surface area (Å²) in [5.74, 6) is -0.646. The summed E-state index contributed by atoms with van der Waals surface area (Å²) in [6.45, 7) is 17.5. The average Bonchev–Trinajstić information content (AvgIpc) is 2.42. The maximum atomic E-state index is 11.0. The molecule has 116 valence electrons. The number of methoxy groups -OCH3 is 1. The lowest BCUT2D eigenvalue weighted by Crippen LogP contribution is -2.27. The van der Waals surface area contributed by atoms with E-state index in [-0.39, 0.29) is 11.9 Å². The number of carbonyl (C=O) groups excluding carboxylic acids is 2. The van der Waals surface area contributed by atoms with Crippen LogP contribution in [0.15, 0.2) is 24.3 Å². The molecule has 5 nitrogen and oxygen atoms in total. The van der Waals surface area contributed by atoms with E-state index in [1.807, 2.05) is 0 Å². The summed E-state index contributed by atoms with van der Waals surface area (Å²) in [6.07, 6.45) is 0. The Kier molecular flexibility index (Phi) is 12.8. The molecule has 0 aliphatic carbocycles. The first-order chi connectivity index (χ1) is 9.29. The largest absolute Gasteiger partial charge is 0.466 e. The van der Waals surface area contributed by atoms with Gasteiger partial charge in [-0.15, -0.1) is 0 Å². The number of ether oxygens (including phenoxy) is 2. The normalized spacial score (nSPS) is 9.30. The Hall–Kier alpha value is -1.62. The number of rotatable bonds is 7. The molecule has 0 rings (SSSR count). The minimum absolute atomic E-state index is 0.299. The first kappa shape index (κ1) is 20.7. The van der Waals surface area contributed by atoms with Crippen molar-refractivity contribution in [3.63, 3.8) is 0 Å². The van der Waals surface area contributed by atoms with Crippen molar-refractivity contribution in [2.75, 3.05) is 33.4 Å². The second kappa shape index (κ2) is 12.4. The van der Waals surface area contributed by atoms with Crippen LogP contribution in [0.3, 0.4) is 0 Å². The third-order valence-electron chi connectivity index (χ3n) is 2.42. The molecule has 0 radical (unpaired) electrons. The molecule has 0 saturated heterocycles. The highest BCUT2D eigenvalue weighted by Gasteiger charge is 2.04. The SMILES string of the molecule is C=C(C)C(=O)OC.C=C(C)C(=O)OCCN(CC)CC. The molecule has 0 aliphatic rings. The minimum atomic E-state index is -0.347. The van der Waals surface area contributed by atoms with Crippen molar-refractivity contribution in [2.24, 2.45) is 0 Å². The number of hydrogen-bond acceptors (Lipinski definition) is 5. The van der Waals surface area contributed by atoms with Crippen LogP contribution in [-0.4, -0.2) is 50.2 Å². The molecule has 0 N–H and O–H groups in total. The van der Waals surface area contributed by atoms with Gasteiger partial charge in [0.2, 0.25) is 0 Å². The summed E-state index contributed by atoms with van der Waals surface area (Å²) in [5.41, 5.74) is 0.891. The van der Waals surface area contributed by atoms with Crippen LogP contribution in [0.4, 0.5) is 0 Å². The van der Waals surface area contributed by atoms with E-state index in [9.17, 15) is 9.59 Å². The van der Waals surface area contributed by atoms with E-state index < -0.39 is 0 Å². The van der Waals surface area contributed by atoms with E-state index >= 15 is 0 Å². The zero-order chi connectivity index (χ0) is 16.1. The van der Waals surface area contributed by atoms with Crippen LogP contribution in [-0.2, 0) is 19.1 Å². The number of nitrogens with zero attached hydrogens (tertiary/aromatic N) is 1. The van der Waals surface area contributed by atoms with Crippen LogP contribution in [0.1, 0.15) is 27.7 Å². The Morgan fingerprint density at radius 3 is 1.70 bits per heavy atom. The van der Waals surface area contributed by atoms with Gasteiger partial charge in [-0.2, -0.15) is 0 Å². The molecule has 0 unspecified atom stereocenters. The van der Waals surface area contributed by atoms with Gasteiger partial charge in [0.25, 0.3) is 0 Å². The van der Waals surface area contributed by atoms with Crippen molar-refractivity contribution >= 4 is 11.9 Å². The van der Waals surface area contributed by atoms with Gasteiger partial charge in [-0.3, -0.25) is 0 Å². The van der Waals surface area contributed by atoms with Crippen molar-refractivity contribution < 1.29 is 19.1 Å². The molecular formula is C15H27NO4. The number of likely N-dealkylation sites (N-methyl/N-ethyl adjacent to an activating group) is 1. The van der Waals surface area contributed by atoms with Gasteiger partial charge in [0, 0.05) is 17.7 Å². The Morgan fingerprint density at radius 1 is 1.00 bits per heavy atom. The molecule has 0 fully saturated rings. The van der Waals surface area contributed by atoms with Crippen LogP contribution >= 0.6 is 0 Å². The Balaban J connectivity index is 0. The fourth-order valence-corrected chi connectivity index (χ4v) is 1.10. The molecule has 0 heterocycles. The molecule has 0 saturated carbocycles. The molecule has 0 aromatic carbocycles. The maximum absolute atomic E-state index is 11.0. The lowest BCUT2D eigenvalue weighted by Gasteiger charge is -2.17. The fraction of sp³-hybridized carbons (Fsp3) is 0.600. The second-order valence-electron chi connectivity index (χ2n) is 4.22. The summed E-state index contributed by atoms with van der Waals surface area (Å²) in [5, 5.41) is 0. The molecule has 0 amide bonds. The molecule has 0 aromatic heterocycles. The highest BCUT2D eigenvalue weighted by atomic mass is 16.5. The Morgan fingerprint density at radius 2 is 1.45 bits per heavy atom. The zero-order valence-corrected chi connectivity index (χ0v) is 13.3. The molecule has 0 aromatic rings. The van der Waals surface area contributed by atoms with Crippen molar-refractivity contribution in [3.05, 3.63) is 24.3 Å². The minimum Gasteiger partial charge on any atom is -0.466 e. The lowest BCUT2D eigenvalue weighted by atomic mass is 10.4. The van der Waals surface area contributed by atoms with Gasteiger partial charge in [-0.05, 0) is 26.9 Å². The van der Waals surface area contributed by atoms with Crippen LogP contribution in [0.2, 0.25) is 0 Å². The van der Waals surface area contributed by atoms with Crippen molar-refractivity contribution in [1.29, 1.82) is 0 Å². The van der Waals surface area contributed by atoms with Crippen LogP contribution in [0.5, 0.6) is 0 Å². The summed E-state index contributed by atoms with van der Waals surface area (Å²) in [4.78, 5) is 23.4. The van der Waals surface area contributed by atoms with Crippen molar-refractivity contribution in [1.82, 2.24) is 4.90 Å². The van der Waals surface area contributed by atoms with E-state index in [0.717, 1.165) is 19.6 Å². The molecule has 0 aliphatic heterocycles. The summed E-state index contributed by atoms with van der Waals surface area (Å²) in [7, 11) is 1.33. The van der Waals surface area contributed by atoms with E-state index in [4.69, 9.17) is 4.74 Å². The first-order valence-electron chi connectivity index (χ1n) is 6.58. The van der Waals surface area contributed by atoms with Crippen LogP contribution in [0.25, 0.3) is 0 Å². The monoisotopic (exact) mass is 285 g/mol. The maximum Gasteiger partial charge on any atom is 0.333 e. The van der Waals surface area contributed by atoms with Gasteiger partial charge in [-0.1, -0.05) is 27.0 Å². The zero-order valence-electron chi connectivity index (χ0n) is 13.3. The van der Waals surface area contributed by atoms with Gasteiger partial charge in [0.1, 0.15) is 6.61 Å². The molecule has 0 spiro atoms. The average molecular weight is 285 g/mol. The van der Waals surface area contributed by atoms with Gasteiger partial charge in [0.15, 0.2) is 0 Å². The molecule has 0 bridgehead atoms. The Labute approximate surface area is 122 Å². The van der Waals surface area contributed by atoms with Gasteiger partial charge in [-0.25, -0.2) is 9.59 Å². The topological polar surface area (TPSA) is 55.8 Å².